The van der Waals surface area contributed by atoms with E-state index < -0.39 is 0 Å². The highest BCUT2D eigenvalue weighted by Crippen LogP contribution is 2.26. The van der Waals surface area contributed by atoms with E-state index in [1.54, 1.807) is 0 Å². The second kappa shape index (κ2) is 10.1. The Balaban J connectivity index is 1.70. The van der Waals surface area contributed by atoms with Crippen LogP contribution in [0.1, 0.15) is 46.0 Å². The predicted octanol–water partition coefficient (Wildman–Crippen LogP) is 2.09. The standard InChI is InChI=1S/C17H32N4OS/c1-3-18-17(20-12-15-7-5-11-23-15)19-9-8-16(22)21-10-4-6-14(2)13-21/h14-15H,3-13H2,1-2H3,(H2,18,19,20). The second-order valence-corrected chi connectivity index (χ2v) is 8.03. The fourth-order valence-electron chi connectivity index (χ4n) is 3.19. The topological polar surface area (TPSA) is 56.7 Å². The van der Waals surface area contributed by atoms with Gasteiger partial charge in [0.05, 0.1) is 6.54 Å². The fourth-order valence-corrected chi connectivity index (χ4v) is 4.37. The van der Waals surface area contributed by atoms with Crippen LogP contribution < -0.4 is 10.6 Å². The van der Waals surface area contributed by atoms with E-state index in [4.69, 9.17) is 0 Å². The summed E-state index contributed by atoms with van der Waals surface area (Å²) in [4.78, 5) is 19.0. The molecule has 0 radical (unpaired) electrons. The Kier molecular flexibility index (Phi) is 8.06. The highest BCUT2D eigenvalue weighted by Gasteiger charge is 2.20. The molecule has 2 rings (SSSR count). The van der Waals surface area contributed by atoms with Gasteiger partial charge in [0, 0.05) is 37.8 Å². The van der Waals surface area contributed by atoms with E-state index in [9.17, 15) is 4.79 Å². The molecule has 23 heavy (non-hydrogen) atoms. The lowest BCUT2D eigenvalue weighted by Crippen LogP contribution is -2.42. The molecule has 0 aromatic rings. The van der Waals surface area contributed by atoms with Crippen LogP contribution in [0.15, 0.2) is 4.99 Å². The number of carbonyl (C=O) groups is 1. The second-order valence-electron chi connectivity index (χ2n) is 6.62. The molecule has 2 saturated heterocycles. The molecule has 2 heterocycles. The molecular weight excluding hydrogens is 308 g/mol. The summed E-state index contributed by atoms with van der Waals surface area (Å²) in [5, 5.41) is 7.25. The van der Waals surface area contributed by atoms with E-state index in [0.717, 1.165) is 38.6 Å². The van der Waals surface area contributed by atoms with Crippen molar-refractivity contribution in [3.05, 3.63) is 0 Å². The number of guanidine groups is 1. The van der Waals surface area contributed by atoms with Crippen molar-refractivity contribution in [1.82, 2.24) is 15.5 Å². The summed E-state index contributed by atoms with van der Waals surface area (Å²) in [6.45, 7) is 8.53. The lowest BCUT2D eigenvalue weighted by molar-refractivity contribution is -0.132. The fraction of sp³-hybridized carbons (Fsp3) is 0.882. The van der Waals surface area contributed by atoms with Gasteiger partial charge in [0.1, 0.15) is 0 Å². The minimum absolute atomic E-state index is 0.270. The SMILES string of the molecule is CCNC(=NCC1CCCS1)NCCC(=O)N1CCCC(C)C1. The molecule has 0 aliphatic carbocycles. The number of amides is 1. The summed E-state index contributed by atoms with van der Waals surface area (Å²) in [7, 11) is 0. The van der Waals surface area contributed by atoms with E-state index >= 15 is 0 Å². The zero-order valence-corrected chi connectivity index (χ0v) is 15.5. The number of nitrogens with one attached hydrogen (secondary N) is 2. The van der Waals surface area contributed by atoms with Gasteiger partial charge in [0.15, 0.2) is 5.96 Å². The van der Waals surface area contributed by atoms with Crippen molar-refractivity contribution in [3.63, 3.8) is 0 Å². The van der Waals surface area contributed by atoms with Crippen LogP contribution >= 0.6 is 11.8 Å². The molecular formula is C17H32N4OS. The maximum absolute atomic E-state index is 12.3. The summed E-state index contributed by atoms with van der Waals surface area (Å²) in [6.07, 6.45) is 5.54. The average molecular weight is 341 g/mol. The van der Waals surface area contributed by atoms with Crippen LogP contribution in [0.25, 0.3) is 0 Å². The van der Waals surface area contributed by atoms with E-state index in [-0.39, 0.29) is 5.91 Å². The summed E-state index contributed by atoms with van der Waals surface area (Å²) < 4.78 is 0. The lowest BCUT2D eigenvalue weighted by Gasteiger charge is -2.31. The summed E-state index contributed by atoms with van der Waals surface area (Å²) in [5.74, 6) is 3.03. The van der Waals surface area contributed by atoms with Gasteiger partial charge in [-0.3, -0.25) is 9.79 Å². The molecule has 0 saturated carbocycles. The molecule has 2 aliphatic rings. The molecule has 6 heteroatoms. The third kappa shape index (κ3) is 6.61. The van der Waals surface area contributed by atoms with E-state index in [0.29, 0.717) is 24.1 Å². The van der Waals surface area contributed by atoms with Gasteiger partial charge in [-0.05, 0) is 44.3 Å². The van der Waals surface area contributed by atoms with E-state index in [1.807, 2.05) is 16.7 Å². The van der Waals surface area contributed by atoms with Crippen molar-refractivity contribution >= 4 is 23.6 Å². The van der Waals surface area contributed by atoms with Crippen LogP contribution in [0.2, 0.25) is 0 Å². The number of hydrogen-bond donors (Lipinski definition) is 2. The van der Waals surface area contributed by atoms with Crippen LogP contribution in [0.4, 0.5) is 0 Å². The number of thioether (sulfide) groups is 1. The number of hydrogen-bond acceptors (Lipinski definition) is 3. The lowest BCUT2D eigenvalue weighted by atomic mass is 10.00. The smallest absolute Gasteiger partial charge is 0.224 e. The third-order valence-electron chi connectivity index (χ3n) is 4.46. The third-order valence-corrected chi connectivity index (χ3v) is 5.84. The van der Waals surface area contributed by atoms with Crippen molar-refractivity contribution in [2.75, 3.05) is 38.5 Å². The molecule has 0 aromatic carbocycles. The van der Waals surface area contributed by atoms with Gasteiger partial charge in [0.2, 0.25) is 5.91 Å². The molecule has 5 nitrogen and oxygen atoms in total. The highest BCUT2D eigenvalue weighted by atomic mass is 32.2. The van der Waals surface area contributed by atoms with E-state index in [2.05, 4.69) is 29.5 Å². The summed E-state index contributed by atoms with van der Waals surface area (Å²) in [6, 6.07) is 0. The summed E-state index contributed by atoms with van der Waals surface area (Å²) >= 11 is 2.03. The molecule has 2 atom stereocenters. The van der Waals surface area contributed by atoms with Crippen molar-refractivity contribution in [1.29, 1.82) is 0 Å². The predicted molar refractivity (Wildman–Crippen MR) is 99.1 cm³/mol. The van der Waals surface area contributed by atoms with Gasteiger partial charge in [-0.15, -0.1) is 0 Å². The van der Waals surface area contributed by atoms with Crippen LogP contribution in [0, 0.1) is 5.92 Å². The van der Waals surface area contributed by atoms with Crippen LogP contribution in [-0.2, 0) is 4.79 Å². The first-order valence-electron chi connectivity index (χ1n) is 9.10. The van der Waals surface area contributed by atoms with Crippen molar-refractivity contribution in [2.24, 2.45) is 10.9 Å². The number of carbonyl (C=O) groups excluding carboxylic acids is 1. The molecule has 0 bridgehead atoms. The Hall–Kier alpha value is -0.910. The first-order chi connectivity index (χ1) is 11.2. The Labute approximate surface area is 145 Å². The van der Waals surface area contributed by atoms with Crippen LogP contribution in [-0.4, -0.2) is 60.5 Å². The van der Waals surface area contributed by atoms with Crippen molar-refractivity contribution in [2.45, 2.75) is 51.2 Å². The molecule has 0 spiro atoms. The quantitative estimate of drug-likeness (QED) is 0.574. The Morgan fingerprint density at radius 3 is 2.87 bits per heavy atom. The molecule has 2 fully saturated rings. The monoisotopic (exact) mass is 340 g/mol. The zero-order chi connectivity index (χ0) is 16.5. The number of likely N-dealkylation sites (tertiary alicyclic amines) is 1. The van der Waals surface area contributed by atoms with Gasteiger partial charge in [0.25, 0.3) is 0 Å². The first-order valence-corrected chi connectivity index (χ1v) is 10.2. The van der Waals surface area contributed by atoms with Gasteiger partial charge in [-0.25, -0.2) is 0 Å². The van der Waals surface area contributed by atoms with Crippen LogP contribution in [0.5, 0.6) is 0 Å². The molecule has 2 N–H and O–H groups in total. The van der Waals surface area contributed by atoms with Crippen LogP contribution in [0.3, 0.4) is 0 Å². The first kappa shape index (κ1) is 18.4. The normalized spacial score (nSPS) is 25.5. The number of rotatable bonds is 6. The van der Waals surface area contributed by atoms with Gasteiger partial charge in [-0.2, -0.15) is 11.8 Å². The largest absolute Gasteiger partial charge is 0.357 e. The molecule has 132 valence electrons. The minimum atomic E-state index is 0.270. The highest BCUT2D eigenvalue weighted by molar-refractivity contribution is 8.00. The summed E-state index contributed by atoms with van der Waals surface area (Å²) in [5.41, 5.74) is 0. The zero-order valence-electron chi connectivity index (χ0n) is 14.6. The van der Waals surface area contributed by atoms with Gasteiger partial charge < -0.3 is 15.5 Å². The van der Waals surface area contributed by atoms with Crippen molar-refractivity contribution < 1.29 is 4.79 Å². The molecule has 2 aliphatic heterocycles. The Morgan fingerprint density at radius 2 is 2.17 bits per heavy atom. The van der Waals surface area contributed by atoms with Crippen molar-refractivity contribution in [3.8, 4) is 0 Å². The molecule has 0 aromatic heterocycles. The molecule has 2 unspecified atom stereocenters. The number of aliphatic imine (C=N–C) groups is 1. The molecule has 1 amide bonds. The minimum Gasteiger partial charge on any atom is -0.357 e. The number of nitrogens with zero attached hydrogens (tertiary/aromatic N) is 2. The maximum atomic E-state index is 12.3. The number of piperidine rings is 1. The Bertz CT molecular complexity index is 396. The maximum Gasteiger partial charge on any atom is 0.224 e. The van der Waals surface area contributed by atoms with Gasteiger partial charge >= 0.3 is 0 Å². The Morgan fingerprint density at radius 1 is 1.30 bits per heavy atom. The van der Waals surface area contributed by atoms with Gasteiger partial charge in [-0.1, -0.05) is 6.92 Å². The van der Waals surface area contributed by atoms with E-state index in [1.165, 1.54) is 25.0 Å². The average Bonchev–Trinajstić information content (AvgIpc) is 3.06.